The SMILES string of the molecule is C=COC(=O)N1C(C)(C)COC1(C)C. The summed E-state index contributed by atoms with van der Waals surface area (Å²) in [5.41, 5.74) is -0.965. The maximum atomic E-state index is 11.6. The van der Waals surface area contributed by atoms with Gasteiger partial charge in [0, 0.05) is 0 Å². The second-order valence-corrected chi connectivity index (χ2v) is 4.43. The Bertz CT molecular complexity index is 242. The lowest BCUT2D eigenvalue weighted by Gasteiger charge is -2.36. The molecule has 1 aliphatic rings. The number of ether oxygens (including phenoxy) is 2. The topological polar surface area (TPSA) is 38.8 Å². The first kappa shape index (κ1) is 11.0. The third kappa shape index (κ3) is 1.75. The largest absolute Gasteiger partial charge is 0.419 e. The van der Waals surface area contributed by atoms with Crippen molar-refractivity contribution in [2.75, 3.05) is 6.61 Å². The fraction of sp³-hybridized carbons (Fsp3) is 0.700. The Kier molecular flexibility index (Phi) is 2.58. The highest BCUT2D eigenvalue weighted by atomic mass is 16.6. The van der Waals surface area contributed by atoms with Gasteiger partial charge in [-0.05, 0) is 27.7 Å². The van der Waals surface area contributed by atoms with E-state index in [0.29, 0.717) is 6.61 Å². The molecule has 1 heterocycles. The van der Waals surface area contributed by atoms with Crippen LogP contribution < -0.4 is 0 Å². The molecule has 0 unspecified atom stereocenters. The molecule has 4 heteroatoms. The van der Waals surface area contributed by atoms with Crippen LogP contribution in [0.4, 0.5) is 4.79 Å². The molecule has 1 aliphatic heterocycles. The van der Waals surface area contributed by atoms with Crippen molar-refractivity contribution in [2.24, 2.45) is 0 Å². The van der Waals surface area contributed by atoms with Crippen LogP contribution in [0.25, 0.3) is 0 Å². The molecule has 0 aliphatic carbocycles. The molecule has 0 aromatic rings. The lowest BCUT2D eigenvalue weighted by molar-refractivity contribution is -0.0462. The zero-order valence-electron chi connectivity index (χ0n) is 9.16. The summed E-state index contributed by atoms with van der Waals surface area (Å²) >= 11 is 0. The minimum absolute atomic E-state index is 0.344. The van der Waals surface area contributed by atoms with Gasteiger partial charge in [0.15, 0.2) is 0 Å². The van der Waals surface area contributed by atoms with Crippen LogP contribution in [-0.2, 0) is 9.47 Å². The Labute approximate surface area is 84.5 Å². The fourth-order valence-corrected chi connectivity index (χ4v) is 1.80. The van der Waals surface area contributed by atoms with E-state index in [1.807, 2.05) is 27.7 Å². The van der Waals surface area contributed by atoms with Gasteiger partial charge in [0.05, 0.1) is 18.4 Å². The van der Waals surface area contributed by atoms with Crippen LogP contribution in [0.3, 0.4) is 0 Å². The lowest BCUT2D eigenvalue weighted by Crippen LogP contribution is -2.52. The second-order valence-electron chi connectivity index (χ2n) is 4.43. The molecule has 0 atom stereocenters. The first-order chi connectivity index (χ1) is 6.31. The Hall–Kier alpha value is -1.03. The van der Waals surface area contributed by atoms with Crippen molar-refractivity contribution in [2.45, 2.75) is 39.0 Å². The number of nitrogens with zero attached hydrogens (tertiary/aromatic N) is 1. The monoisotopic (exact) mass is 199 g/mol. The molecule has 0 N–H and O–H groups in total. The van der Waals surface area contributed by atoms with E-state index in [0.717, 1.165) is 6.26 Å². The van der Waals surface area contributed by atoms with Crippen molar-refractivity contribution in [1.82, 2.24) is 4.90 Å². The lowest BCUT2D eigenvalue weighted by atomic mass is 10.0. The molecule has 0 aromatic heterocycles. The summed E-state index contributed by atoms with van der Waals surface area (Å²) in [5.74, 6) is 0. The molecule has 4 nitrogen and oxygen atoms in total. The normalized spacial score (nSPS) is 23.3. The average molecular weight is 199 g/mol. The highest BCUT2D eigenvalue weighted by Gasteiger charge is 2.49. The third-order valence-electron chi connectivity index (χ3n) is 2.29. The standard InChI is InChI=1S/C10H17NO3/c1-6-13-8(12)11-9(2,3)7-14-10(11,4)5/h6H,1,7H2,2-5H3. The Morgan fingerprint density at radius 1 is 1.50 bits per heavy atom. The van der Waals surface area contributed by atoms with Gasteiger partial charge in [0.25, 0.3) is 0 Å². The van der Waals surface area contributed by atoms with Gasteiger partial charge in [-0.1, -0.05) is 6.58 Å². The predicted molar refractivity (Wildman–Crippen MR) is 52.6 cm³/mol. The van der Waals surface area contributed by atoms with Crippen molar-refractivity contribution in [3.05, 3.63) is 12.8 Å². The molecule has 0 saturated carbocycles. The zero-order chi connectivity index (χ0) is 11.0. The summed E-state index contributed by atoms with van der Waals surface area (Å²) in [6.07, 6.45) is 0.708. The molecular weight excluding hydrogens is 182 g/mol. The van der Waals surface area contributed by atoms with Gasteiger partial charge in [-0.15, -0.1) is 0 Å². The molecule has 1 fully saturated rings. The van der Waals surface area contributed by atoms with Gasteiger partial charge in [0.2, 0.25) is 0 Å². The maximum absolute atomic E-state index is 11.6. The summed E-state index contributed by atoms with van der Waals surface area (Å²) in [5, 5.41) is 0. The van der Waals surface area contributed by atoms with Crippen LogP contribution in [0.15, 0.2) is 12.8 Å². The quantitative estimate of drug-likeness (QED) is 0.607. The number of carbonyl (C=O) groups is 1. The average Bonchev–Trinajstić information content (AvgIpc) is 2.21. The van der Waals surface area contributed by atoms with Crippen LogP contribution >= 0.6 is 0 Å². The van der Waals surface area contributed by atoms with Gasteiger partial charge in [-0.3, -0.25) is 4.90 Å². The number of hydrogen-bond acceptors (Lipinski definition) is 3. The summed E-state index contributed by atoms with van der Waals surface area (Å²) in [6.45, 7) is 11.4. The molecule has 0 spiro atoms. The fourth-order valence-electron chi connectivity index (χ4n) is 1.80. The third-order valence-corrected chi connectivity index (χ3v) is 2.29. The van der Waals surface area contributed by atoms with Gasteiger partial charge >= 0.3 is 6.09 Å². The Balaban J connectivity index is 2.91. The molecule has 0 radical (unpaired) electrons. The highest BCUT2D eigenvalue weighted by molar-refractivity contribution is 5.70. The molecule has 1 amide bonds. The highest BCUT2D eigenvalue weighted by Crippen LogP contribution is 2.34. The predicted octanol–water partition coefficient (Wildman–Crippen LogP) is 2.11. The second kappa shape index (κ2) is 3.28. The summed E-state index contributed by atoms with van der Waals surface area (Å²) in [4.78, 5) is 13.2. The number of amides is 1. The van der Waals surface area contributed by atoms with Gasteiger partial charge < -0.3 is 9.47 Å². The van der Waals surface area contributed by atoms with Crippen LogP contribution in [0.2, 0.25) is 0 Å². The van der Waals surface area contributed by atoms with E-state index in [1.54, 1.807) is 4.90 Å². The smallest absolute Gasteiger partial charge is 0.417 e. The van der Waals surface area contributed by atoms with Crippen molar-refractivity contribution in [1.29, 1.82) is 0 Å². The van der Waals surface area contributed by atoms with Gasteiger partial charge in [-0.2, -0.15) is 0 Å². The summed E-state index contributed by atoms with van der Waals surface area (Å²) < 4.78 is 10.3. The van der Waals surface area contributed by atoms with E-state index in [2.05, 4.69) is 6.58 Å². The van der Waals surface area contributed by atoms with Crippen LogP contribution in [-0.4, -0.2) is 28.9 Å². The molecule has 14 heavy (non-hydrogen) atoms. The maximum Gasteiger partial charge on any atom is 0.417 e. The number of carbonyl (C=O) groups excluding carboxylic acids is 1. The van der Waals surface area contributed by atoms with E-state index >= 15 is 0 Å². The van der Waals surface area contributed by atoms with Crippen LogP contribution in [0.5, 0.6) is 0 Å². The van der Waals surface area contributed by atoms with Crippen molar-refractivity contribution in [3.63, 3.8) is 0 Å². The van der Waals surface area contributed by atoms with E-state index < -0.39 is 11.8 Å². The van der Waals surface area contributed by atoms with Crippen molar-refractivity contribution < 1.29 is 14.3 Å². The molecule has 0 aromatic carbocycles. The van der Waals surface area contributed by atoms with Gasteiger partial charge in [0.1, 0.15) is 5.72 Å². The minimum atomic E-state index is -0.621. The molecule has 80 valence electrons. The summed E-state index contributed by atoms with van der Waals surface area (Å²) in [7, 11) is 0. The van der Waals surface area contributed by atoms with Crippen molar-refractivity contribution >= 4 is 6.09 Å². The van der Waals surface area contributed by atoms with E-state index in [9.17, 15) is 4.79 Å². The van der Waals surface area contributed by atoms with E-state index in [4.69, 9.17) is 9.47 Å². The molecule has 1 rings (SSSR count). The van der Waals surface area contributed by atoms with Gasteiger partial charge in [-0.25, -0.2) is 4.79 Å². The first-order valence-electron chi connectivity index (χ1n) is 4.57. The Morgan fingerprint density at radius 3 is 2.43 bits per heavy atom. The number of rotatable bonds is 1. The molecular formula is C10H17NO3. The van der Waals surface area contributed by atoms with Crippen LogP contribution in [0, 0.1) is 0 Å². The first-order valence-corrected chi connectivity index (χ1v) is 4.57. The van der Waals surface area contributed by atoms with Crippen molar-refractivity contribution in [3.8, 4) is 0 Å². The van der Waals surface area contributed by atoms with E-state index in [-0.39, 0.29) is 5.54 Å². The molecule has 0 bridgehead atoms. The molecule has 1 saturated heterocycles. The van der Waals surface area contributed by atoms with Crippen LogP contribution in [0.1, 0.15) is 27.7 Å². The minimum Gasteiger partial charge on any atom is -0.419 e. The summed E-state index contributed by atoms with van der Waals surface area (Å²) in [6, 6.07) is 0. The zero-order valence-corrected chi connectivity index (χ0v) is 9.16. The van der Waals surface area contributed by atoms with E-state index in [1.165, 1.54) is 0 Å². The Morgan fingerprint density at radius 2 is 2.07 bits per heavy atom. The number of hydrogen-bond donors (Lipinski definition) is 0.